The lowest BCUT2D eigenvalue weighted by atomic mass is 10.1. The molecule has 0 fully saturated rings. The Morgan fingerprint density at radius 3 is 1.47 bits per heavy atom. The average molecular weight is 513 g/mol. The van der Waals surface area contributed by atoms with Crippen LogP contribution in [0.3, 0.4) is 0 Å². The summed E-state index contributed by atoms with van der Waals surface area (Å²) >= 11 is 0. The van der Waals surface area contributed by atoms with E-state index in [1.165, 1.54) is 0 Å². The van der Waals surface area contributed by atoms with Crippen LogP contribution in [-0.4, -0.2) is 18.2 Å². The summed E-state index contributed by atoms with van der Waals surface area (Å²) in [7, 11) is 1.66. The lowest BCUT2D eigenvalue weighted by molar-refractivity contribution is -0.108. The summed E-state index contributed by atoms with van der Waals surface area (Å²) in [4.78, 5) is 14.6. The third kappa shape index (κ3) is 4.92. The van der Waals surface area contributed by atoms with Crippen LogP contribution in [0.15, 0.2) is 152 Å². The molecule has 0 heterocycles. The highest BCUT2D eigenvalue weighted by molar-refractivity contribution is 7.97. The molecule has 0 aliphatic rings. The summed E-state index contributed by atoms with van der Waals surface area (Å²) in [6, 6.07) is 49.1. The standard InChI is InChI=1S/C35H29O2P/c1-37-34-25-15-14-24-32(34)35(33(36)27-26-28-16-6-2-7-17-28)38(29-18-8-3-9-19-29,30-20-10-4-11-21-30)31-22-12-5-13-23-31/h2-27H,1H3/b27-26+. The summed E-state index contributed by atoms with van der Waals surface area (Å²) < 4.78 is 5.86. The van der Waals surface area contributed by atoms with E-state index in [-0.39, 0.29) is 5.78 Å². The molecule has 0 aromatic heterocycles. The van der Waals surface area contributed by atoms with Crippen LogP contribution >= 0.6 is 6.89 Å². The molecule has 0 aliphatic heterocycles. The Labute approximate surface area is 224 Å². The van der Waals surface area contributed by atoms with Crippen LogP contribution in [0.2, 0.25) is 0 Å². The van der Waals surface area contributed by atoms with E-state index in [1.807, 2.05) is 78.9 Å². The number of benzene rings is 5. The van der Waals surface area contributed by atoms with Gasteiger partial charge in [0.05, 0.1) is 7.11 Å². The molecule has 186 valence electrons. The van der Waals surface area contributed by atoms with Crippen molar-refractivity contribution < 1.29 is 9.53 Å². The van der Waals surface area contributed by atoms with Crippen molar-refractivity contribution in [1.82, 2.24) is 0 Å². The van der Waals surface area contributed by atoms with Gasteiger partial charge in [0.15, 0.2) is 5.78 Å². The van der Waals surface area contributed by atoms with E-state index in [0.29, 0.717) is 5.75 Å². The van der Waals surface area contributed by atoms with Crippen molar-refractivity contribution >= 4 is 40.0 Å². The van der Waals surface area contributed by atoms with Gasteiger partial charge in [-0.15, -0.1) is 0 Å². The molecule has 0 bridgehead atoms. The maximum atomic E-state index is 14.6. The molecule has 0 unspecified atom stereocenters. The van der Waals surface area contributed by atoms with Gasteiger partial charge in [0, 0.05) is 10.9 Å². The van der Waals surface area contributed by atoms with Gasteiger partial charge in [-0.2, -0.15) is 0 Å². The van der Waals surface area contributed by atoms with Gasteiger partial charge in [-0.05, 0) is 40.5 Å². The third-order valence-electron chi connectivity index (χ3n) is 6.59. The molecule has 5 rings (SSSR count). The first-order valence-electron chi connectivity index (χ1n) is 12.6. The highest BCUT2D eigenvalue weighted by Crippen LogP contribution is 2.49. The zero-order valence-corrected chi connectivity index (χ0v) is 22.2. The van der Waals surface area contributed by atoms with E-state index in [4.69, 9.17) is 4.74 Å². The predicted molar refractivity (Wildman–Crippen MR) is 163 cm³/mol. The first-order valence-corrected chi connectivity index (χ1v) is 14.4. The maximum absolute atomic E-state index is 14.6. The molecule has 38 heavy (non-hydrogen) atoms. The summed E-state index contributed by atoms with van der Waals surface area (Å²) in [6.45, 7) is -2.67. The monoisotopic (exact) mass is 512 g/mol. The number of rotatable bonds is 8. The van der Waals surface area contributed by atoms with Gasteiger partial charge >= 0.3 is 0 Å². The second-order valence-corrected chi connectivity index (χ2v) is 12.2. The normalized spacial score (nSPS) is 11.3. The first-order chi connectivity index (χ1) is 18.7. The molecule has 2 nitrogen and oxygen atoms in total. The summed E-state index contributed by atoms with van der Waals surface area (Å²) in [5, 5.41) is 4.07. The number of carbonyl (C=O) groups excluding carboxylic acids is 1. The van der Waals surface area contributed by atoms with Crippen molar-refractivity contribution in [3.8, 4) is 5.75 Å². The fraction of sp³-hybridized carbons (Fsp3) is 0.0286. The predicted octanol–water partition coefficient (Wildman–Crippen LogP) is 6.49. The quantitative estimate of drug-likeness (QED) is 0.175. The van der Waals surface area contributed by atoms with Crippen LogP contribution in [0, 0.1) is 0 Å². The Morgan fingerprint density at radius 1 is 0.579 bits per heavy atom. The zero-order chi connectivity index (χ0) is 26.2. The van der Waals surface area contributed by atoms with Gasteiger partial charge < -0.3 is 4.74 Å². The maximum Gasteiger partial charge on any atom is 0.187 e. The number of ether oxygens (including phenoxy) is 1. The van der Waals surface area contributed by atoms with E-state index in [0.717, 1.165) is 32.3 Å². The number of carbonyl (C=O) groups is 1. The van der Waals surface area contributed by atoms with Crippen molar-refractivity contribution in [2.45, 2.75) is 0 Å². The van der Waals surface area contributed by atoms with Crippen LogP contribution in [0.4, 0.5) is 0 Å². The number of para-hydroxylation sites is 1. The van der Waals surface area contributed by atoms with Gasteiger partial charge in [-0.3, -0.25) is 4.79 Å². The van der Waals surface area contributed by atoms with Crippen LogP contribution in [0.25, 0.3) is 6.08 Å². The van der Waals surface area contributed by atoms with E-state index < -0.39 is 6.89 Å². The summed E-state index contributed by atoms with van der Waals surface area (Å²) in [5.74, 6) is 0.638. The second kappa shape index (κ2) is 11.8. The molecule has 0 amide bonds. The highest BCUT2D eigenvalue weighted by atomic mass is 31.2. The van der Waals surface area contributed by atoms with E-state index in [2.05, 4.69) is 72.8 Å². The molecule has 0 aliphatic carbocycles. The smallest absolute Gasteiger partial charge is 0.187 e. The minimum atomic E-state index is -2.67. The molecular formula is C35H29O2P. The Kier molecular flexibility index (Phi) is 7.83. The number of methoxy groups -OCH3 is 1. The third-order valence-corrected chi connectivity index (χ3v) is 10.9. The lowest BCUT2D eigenvalue weighted by Crippen LogP contribution is -2.33. The highest BCUT2D eigenvalue weighted by Gasteiger charge is 2.34. The van der Waals surface area contributed by atoms with Crippen LogP contribution in [0.1, 0.15) is 11.1 Å². The van der Waals surface area contributed by atoms with Crippen LogP contribution in [0.5, 0.6) is 5.75 Å². The Bertz CT molecular complexity index is 1490. The molecule has 0 radical (unpaired) electrons. The summed E-state index contributed by atoms with van der Waals surface area (Å²) in [6.07, 6.45) is 3.61. The van der Waals surface area contributed by atoms with Gasteiger partial charge in [-0.25, -0.2) is 0 Å². The zero-order valence-electron chi connectivity index (χ0n) is 21.3. The molecule has 5 aromatic rings. The van der Waals surface area contributed by atoms with Gasteiger partial charge in [0.1, 0.15) is 5.75 Å². The molecule has 0 saturated carbocycles. The summed E-state index contributed by atoms with van der Waals surface area (Å²) in [5.41, 5.74) is 1.78. The van der Waals surface area contributed by atoms with Gasteiger partial charge in [-0.1, -0.05) is 146 Å². The van der Waals surface area contributed by atoms with Crippen LogP contribution in [-0.2, 0) is 4.79 Å². The van der Waals surface area contributed by atoms with Crippen molar-refractivity contribution in [2.24, 2.45) is 0 Å². The first kappa shape index (κ1) is 25.3. The average Bonchev–Trinajstić information content (AvgIpc) is 3.00. The topological polar surface area (TPSA) is 26.3 Å². The fourth-order valence-electron chi connectivity index (χ4n) is 4.92. The minimum Gasteiger partial charge on any atom is -0.496 e. The minimum absolute atomic E-state index is 0.0387. The largest absolute Gasteiger partial charge is 0.496 e. The lowest BCUT2D eigenvalue weighted by Gasteiger charge is -2.32. The van der Waals surface area contributed by atoms with Crippen LogP contribution < -0.4 is 20.7 Å². The van der Waals surface area contributed by atoms with Crippen molar-refractivity contribution in [3.63, 3.8) is 0 Å². The number of ketones is 1. The van der Waals surface area contributed by atoms with Crippen molar-refractivity contribution in [2.75, 3.05) is 7.11 Å². The molecular weight excluding hydrogens is 483 g/mol. The Hall–Kier alpha value is -4.39. The molecule has 0 spiro atoms. The number of allylic oxidation sites excluding steroid dienone is 1. The van der Waals surface area contributed by atoms with Crippen molar-refractivity contribution in [3.05, 3.63) is 163 Å². The van der Waals surface area contributed by atoms with E-state index in [1.54, 1.807) is 13.2 Å². The Balaban J connectivity index is 1.99. The van der Waals surface area contributed by atoms with Gasteiger partial charge in [0.25, 0.3) is 0 Å². The van der Waals surface area contributed by atoms with Gasteiger partial charge in [0.2, 0.25) is 0 Å². The second-order valence-electron chi connectivity index (χ2n) is 8.83. The molecule has 3 heteroatoms. The van der Waals surface area contributed by atoms with E-state index >= 15 is 0 Å². The fourth-order valence-corrected chi connectivity index (χ4v) is 9.40. The van der Waals surface area contributed by atoms with E-state index in [9.17, 15) is 4.79 Å². The number of hydrogen-bond donors (Lipinski definition) is 0. The SMILES string of the molecule is COc1ccccc1C(C(=O)/C=C/c1ccccc1)=P(c1ccccc1)(c1ccccc1)c1ccccc1. The number of hydrogen-bond acceptors (Lipinski definition) is 2. The molecule has 0 atom stereocenters. The Morgan fingerprint density at radius 2 is 1.00 bits per heavy atom. The molecule has 5 aromatic carbocycles. The molecule has 0 N–H and O–H groups in total. The molecule has 0 saturated heterocycles. The van der Waals surface area contributed by atoms with Crippen molar-refractivity contribution in [1.29, 1.82) is 0 Å².